The predicted molar refractivity (Wildman–Crippen MR) is 118 cm³/mol. The zero-order valence-electron chi connectivity index (χ0n) is 18.2. The van der Waals surface area contributed by atoms with Crippen LogP contribution in [0.3, 0.4) is 0 Å². The number of nitriles is 1. The van der Waals surface area contributed by atoms with E-state index in [2.05, 4.69) is 21.0 Å². The molecular formula is C25H23F2N5O. The Bertz CT molecular complexity index is 1180. The third-order valence-corrected chi connectivity index (χ3v) is 6.13. The van der Waals surface area contributed by atoms with Gasteiger partial charge >= 0.3 is 0 Å². The molecular weight excluding hydrogens is 424 g/mol. The molecule has 1 aliphatic heterocycles. The molecule has 33 heavy (non-hydrogen) atoms. The predicted octanol–water partition coefficient (Wildman–Crippen LogP) is 4.64. The highest BCUT2D eigenvalue weighted by Gasteiger charge is 2.39. The van der Waals surface area contributed by atoms with Crippen molar-refractivity contribution in [3.8, 4) is 17.5 Å². The lowest BCUT2D eigenvalue weighted by molar-refractivity contribution is 0.0160. The fourth-order valence-corrected chi connectivity index (χ4v) is 4.32. The maximum absolute atomic E-state index is 14.1. The average Bonchev–Trinajstić information content (AvgIpc) is 2.84. The number of halogens is 2. The number of aromatic nitrogens is 3. The molecule has 6 nitrogen and oxygen atoms in total. The fraction of sp³-hybridized carbons (Fsp3) is 0.320. The molecule has 0 atom stereocenters. The van der Waals surface area contributed by atoms with Crippen molar-refractivity contribution < 1.29 is 13.6 Å². The van der Waals surface area contributed by atoms with Crippen molar-refractivity contribution in [3.05, 3.63) is 77.9 Å². The summed E-state index contributed by atoms with van der Waals surface area (Å²) in [5, 5.41) is 9.97. The van der Waals surface area contributed by atoms with E-state index in [1.54, 1.807) is 53.7 Å². The highest BCUT2D eigenvalue weighted by atomic mass is 19.3. The van der Waals surface area contributed by atoms with Crippen molar-refractivity contribution in [1.29, 1.82) is 5.26 Å². The molecule has 1 amide bonds. The molecule has 0 unspecified atom stereocenters. The molecule has 0 saturated carbocycles. The molecule has 2 aromatic heterocycles. The Labute approximate surface area is 190 Å². The molecule has 4 rings (SSSR count). The van der Waals surface area contributed by atoms with Gasteiger partial charge in [0.1, 0.15) is 12.0 Å². The number of carbonyl (C=O) groups excluding carboxylic acids is 1. The summed E-state index contributed by atoms with van der Waals surface area (Å²) >= 11 is 0. The third kappa shape index (κ3) is 4.72. The van der Waals surface area contributed by atoms with Crippen LogP contribution in [0.2, 0.25) is 0 Å². The van der Waals surface area contributed by atoms with Crippen LogP contribution in [0.15, 0.2) is 61.2 Å². The van der Waals surface area contributed by atoms with Crippen LogP contribution >= 0.6 is 0 Å². The lowest BCUT2D eigenvalue weighted by Crippen LogP contribution is -2.44. The molecule has 3 aromatic rings. The van der Waals surface area contributed by atoms with E-state index in [9.17, 15) is 18.8 Å². The van der Waals surface area contributed by atoms with Gasteiger partial charge in [-0.2, -0.15) is 5.26 Å². The minimum Gasteiger partial charge on any atom is -0.338 e. The molecule has 8 heteroatoms. The second-order valence-electron chi connectivity index (χ2n) is 8.40. The average molecular weight is 447 g/mol. The van der Waals surface area contributed by atoms with E-state index in [0.717, 1.165) is 6.92 Å². The maximum Gasteiger partial charge on any atom is 0.270 e. The standard InChI is InChI=1S/C25H23F2N5O/c1-24(26,27)20-7-3-2-5-18(20)15-25(16-28)9-13-32(14-10-25)23(33)19-6-4-11-30-22(19)21-8-12-29-17-31-21/h2-8,11-12,17H,9-10,13-15H2,1H3. The fourth-order valence-electron chi connectivity index (χ4n) is 4.32. The molecule has 1 aromatic carbocycles. The Morgan fingerprint density at radius 3 is 2.55 bits per heavy atom. The molecule has 0 spiro atoms. The number of amides is 1. The molecule has 1 aliphatic rings. The molecule has 1 fully saturated rings. The van der Waals surface area contributed by atoms with Gasteiger partial charge in [-0.05, 0) is 43.0 Å². The highest BCUT2D eigenvalue weighted by Crippen LogP contribution is 2.39. The first-order chi connectivity index (χ1) is 15.8. The Kier molecular flexibility index (Phi) is 6.14. The van der Waals surface area contributed by atoms with Crippen molar-refractivity contribution in [2.45, 2.75) is 32.1 Å². The van der Waals surface area contributed by atoms with Crippen LogP contribution in [-0.4, -0.2) is 38.8 Å². The summed E-state index contributed by atoms with van der Waals surface area (Å²) in [5.74, 6) is -3.18. The van der Waals surface area contributed by atoms with Crippen molar-refractivity contribution in [1.82, 2.24) is 19.9 Å². The van der Waals surface area contributed by atoms with E-state index >= 15 is 0 Å². The number of nitrogens with zero attached hydrogens (tertiary/aromatic N) is 5. The van der Waals surface area contributed by atoms with Crippen LogP contribution < -0.4 is 0 Å². The lowest BCUT2D eigenvalue weighted by atomic mass is 9.74. The molecule has 0 aliphatic carbocycles. The molecule has 0 bridgehead atoms. The number of hydrogen-bond acceptors (Lipinski definition) is 5. The number of carbonyl (C=O) groups is 1. The second-order valence-corrected chi connectivity index (χ2v) is 8.40. The van der Waals surface area contributed by atoms with Crippen LogP contribution in [0.1, 0.15) is 41.3 Å². The Balaban J connectivity index is 1.53. The van der Waals surface area contributed by atoms with Crippen LogP contribution in [0.25, 0.3) is 11.4 Å². The lowest BCUT2D eigenvalue weighted by Gasteiger charge is -2.38. The number of rotatable bonds is 5. The maximum atomic E-state index is 14.1. The third-order valence-electron chi connectivity index (χ3n) is 6.13. The Morgan fingerprint density at radius 2 is 1.88 bits per heavy atom. The summed E-state index contributed by atoms with van der Waals surface area (Å²) in [7, 11) is 0. The van der Waals surface area contributed by atoms with E-state index in [1.807, 2.05) is 0 Å². The van der Waals surface area contributed by atoms with Gasteiger partial charge in [0.05, 0.1) is 22.7 Å². The van der Waals surface area contributed by atoms with E-state index in [1.165, 1.54) is 12.4 Å². The minimum absolute atomic E-state index is 0.0528. The first-order valence-electron chi connectivity index (χ1n) is 10.7. The van der Waals surface area contributed by atoms with Crippen molar-refractivity contribution in [2.24, 2.45) is 5.41 Å². The van der Waals surface area contributed by atoms with Crippen molar-refractivity contribution in [2.75, 3.05) is 13.1 Å². The quantitative estimate of drug-likeness (QED) is 0.569. The van der Waals surface area contributed by atoms with Gasteiger partial charge < -0.3 is 4.90 Å². The largest absolute Gasteiger partial charge is 0.338 e. The minimum atomic E-state index is -2.98. The zero-order chi connectivity index (χ0) is 23.5. The number of piperidine rings is 1. The topological polar surface area (TPSA) is 82.8 Å². The van der Waals surface area contributed by atoms with Crippen molar-refractivity contribution >= 4 is 5.91 Å². The van der Waals surface area contributed by atoms with Gasteiger partial charge in [-0.15, -0.1) is 0 Å². The molecule has 1 saturated heterocycles. The van der Waals surface area contributed by atoms with Crippen LogP contribution in [0.5, 0.6) is 0 Å². The van der Waals surface area contributed by atoms with Gasteiger partial charge in [-0.25, -0.2) is 18.7 Å². The van der Waals surface area contributed by atoms with Gasteiger partial charge in [-0.1, -0.05) is 24.3 Å². The van der Waals surface area contributed by atoms with E-state index in [4.69, 9.17) is 0 Å². The first kappa shape index (κ1) is 22.5. The van der Waals surface area contributed by atoms with Gasteiger partial charge in [0.2, 0.25) is 0 Å². The Morgan fingerprint density at radius 1 is 1.12 bits per heavy atom. The summed E-state index contributed by atoms with van der Waals surface area (Å²) in [5.41, 5.74) is 1.07. The smallest absolute Gasteiger partial charge is 0.270 e. The Hall–Kier alpha value is -3.73. The normalized spacial score (nSPS) is 15.6. The first-order valence-corrected chi connectivity index (χ1v) is 10.7. The highest BCUT2D eigenvalue weighted by molar-refractivity contribution is 5.99. The summed E-state index contributed by atoms with van der Waals surface area (Å²) in [6, 6.07) is 13.8. The van der Waals surface area contributed by atoms with Crippen LogP contribution in [0.4, 0.5) is 8.78 Å². The van der Waals surface area contributed by atoms with Gasteiger partial charge in [0.15, 0.2) is 0 Å². The monoisotopic (exact) mass is 447 g/mol. The summed E-state index contributed by atoms with van der Waals surface area (Å²) in [4.78, 5) is 27.4. The number of pyridine rings is 1. The van der Waals surface area contributed by atoms with E-state index in [0.29, 0.717) is 48.4 Å². The number of likely N-dealkylation sites (tertiary alicyclic amines) is 1. The number of hydrogen-bond donors (Lipinski definition) is 0. The van der Waals surface area contributed by atoms with Gasteiger partial charge in [-0.3, -0.25) is 9.78 Å². The van der Waals surface area contributed by atoms with Gasteiger partial charge in [0.25, 0.3) is 11.8 Å². The van der Waals surface area contributed by atoms with Crippen LogP contribution in [0, 0.1) is 16.7 Å². The summed E-state index contributed by atoms with van der Waals surface area (Å²) in [6.07, 6.45) is 5.63. The van der Waals surface area contributed by atoms with Crippen LogP contribution in [-0.2, 0) is 12.3 Å². The number of benzene rings is 1. The second kappa shape index (κ2) is 9.02. The van der Waals surface area contributed by atoms with E-state index < -0.39 is 11.3 Å². The molecule has 0 radical (unpaired) electrons. The molecule has 168 valence electrons. The van der Waals surface area contributed by atoms with E-state index in [-0.39, 0.29) is 17.9 Å². The van der Waals surface area contributed by atoms with Gasteiger partial charge in [0, 0.05) is 38.0 Å². The SMILES string of the molecule is CC(F)(F)c1ccccc1CC1(C#N)CCN(C(=O)c2cccnc2-c2ccncn2)CC1. The molecule has 3 heterocycles. The summed E-state index contributed by atoms with van der Waals surface area (Å²) in [6.45, 7) is 1.58. The number of alkyl halides is 2. The van der Waals surface area contributed by atoms with Crippen molar-refractivity contribution in [3.63, 3.8) is 0 Å². The summed E-state index contributed by atoms with van der Waals surface area (Å²) < 4.78 is 28.2. The zero-order valence-corrected chi connectivity index (χ0v) is 18.2. The molecule has 0 N–H and O–H groups in total.